The zero-order chi connectivity index (χ0) is 15.6. The van der Waals surface area contributed by atoms with Gasteiger partial charge in [0.1, 0.15) is 17.9 Å². The van der Waals surface area contributed by atoms with Crippen LogP contribution in [0.4, 0.5) is 0 Å². The van der Waals surface area contributed by atoms with E-state index < -0.39 is 11.6 Å². The maximum Gasteiger partial charge on any atom is 0.339 e. The summed E-state index contributed by atoms with van der Waals surface area (Å²) in [5, 5.41) is 21.3. The largest absolute Gasteiger partial charge is 0.490 e. The highest BCUT2D eigenvalue weighted by atomic mass is 16.5. The van der Waals surface area contributed by atoms with E-state index in [2.05, 4.69) is 0 Å². The minimum absolute atomic E-state index is 0.00577. The first-order valence-corrected chi connectivity index (χ1v) is 6.92. The lowest BCUT2D eigenvalue weighted by Crippen LogP contribution is -2.38. The van der Waals surface area contributed by atoms with E-state index in [9.17, 15) is 15.0 Å². The molecule has 0 amide bonds. The number of carboxylic acid groups (broad SMARTS) is 1. The monoisotopic (exact) mass is 288 g/mol. The maximum atomic E-state index is 11.4. The van der Waals surface area contributed by atoms with Crippen LogP contribution in [-0.2, 0) is 0 Å². The molecule has 0 aromatic heterocycles. The van der Waals surface area contributed by atoms with E-state index in [-0.39, 0.29) is 23.8 Å². The summed E-state index contributed by atoms with van der Waals surface area (Å²) in [5.41, 5.74) is -0.908. The quantitative estimate of drug-likeness (QED) is 0.885. The Morgan fingerprint density at radius 2 is 1.81 bits per heavy atom. The number of aromatic carboxylic acids is 1. The van der Waals surface area contributed by atoms with E-state index in [1.807, 2.05) is 38.1 Å². The van der Waals surface area contributed by atoms with Crippen LogP contribution in [0.3, 0.4) is 0 Å². The molecule has 2 rings (SSSR count). The van der Waals surface area contributed by atoms with E-state index in [0.29, 0.717) is 0 Å². The predicted octanol–water partition coefficient (Wildman–Crippen LogP) is 3.32. The second-order valence-electron chi connectivity index (χ2n) is 5.80. The molecule has 0 aliphatic rings. The van der Waals surface area contributed by atoms with Crippen LogP contribution in [0.25, 0.3) is 10.8 Å². The molecule has 112 valence electrons. The molecule has 2 N–H and O–H groups in total. The molecule has 0 fully saturated rings. The summed E-state index contributed by atoms with van der Waals surface area (Å²) < 4.78 is 5.60. The van der Waals surface area contributed by atoms with Crippen molar-refractivity contribution in [2.45, 2.75) is 26.4 Å². The van der Waals surface area contributed by atoms with Crippen molar-refractivity contribution < 1.29 is 19.7 Å². The fourth-order valence-corrected chi connectivity index (χ4v) is 1.90. The molecule has 0 radical (unpaired) electrons. The van der Waals surface area contributed by atoms with Crippen LogP contribution in [-0.4, -0.2) is 28.4 Å². The van der Waals surface area contributed by atoms with Crippen molar-refractivity contribution >= 4 is 16.7 Å². The van der Waals surface area contributed by atoms with Gasteiger partial charge in [-0.1, -0.05) is 38.1 Å². The Labute approximate surface area is 124 Å². The van der Waals surface area contributed by atoms with Crippen LogP contribution in [0.5, 0.6) is 5.75 Å². The lowest BCUT2D eigenvalue weighted by Gasteiger charge is -2.27. The predicted molar refractivity (Wildman–Crippen MR) is 81.9 cm³/mol. The maximum absolute atomic E-state index is 11.4. The summed E-state index contributed by atoms with van der Waals surface area (Å²) in [5.74, 6) is -0.756. The van der Waals surface area contributed by atoms with Crippen molar-refractivity contribution in [1.82, 2.24) is 0 Å². The van der Waals surface area contributed by atoms with Crippen molar-refractivity contribution in [2.75, 3.05) is 6.61 Å². The molecule has 1 atom stereocenters. The van der Waals surface area contributed by atoms with Gasteiger partial charge < -0.3 is 14.9 Å². The van der Waals surface area contributed by atoms with Gasteiger partial charge in [-0.25, -0.2) is 4.79 Å². The fraction of sp³-hybridized carbons (Fsp3) is 0.353. The first-order chi connectivity index (χ1) is 9.81. The van der Waals surface area contributed by atoms with E-state index in [1.54, 1.807) is 19.1 Å². The van der Waals surface area contributed by atoms with Crippen molar-refractivity contribution in [3.63, 3.8) is 0 Å². The fourth-order valence-electron chi connectivity index (χ4n) is 1.90. The molecule has 0 saturated heterocycles. The highest BCUT2D eigenvalue weighted by molar-refractivity contribution is 5.97. The van der Waals surface area contributed by atoms with Crippen molar-refractivity contribution in [1.29, 1.82) is 0 Å². The lowest BCUT2D eigenvalue weighted by molar-refractivity contribution is -0.0269. The Morgan fingerprint density at radius 3 is 2.33 bits per heavy atom. The highest BCUT2D eigenvalue weighted by Gasteiger charge is 2.26. The number of hydrogen-bond acceptors (Lipinski definition) is 3. The number of ether oxygens (including phenoxy) is 1. The van der Waals surface area contributed by atoms with Crippen molar-refractivity contribution in [3.8, 4) is 5.75 Å². The van der Waals surface area contributed by atoms with Crippen LogP contribution < -0.4 is 4.74 Å². The molecule has 0 saturated carbocycles. The zero-order valence-corrected chi connectivity index (χ0v) is 12.5. The number of rotatable bonds is 5. The second kappa shape index (κ2) is 5.74. The topological polar surface area (TPSA) is 66.8 Å². The number of carboxylic acids is 1. The average Bonchev–Trinajstić information content (AvgIpc) is 2.43. The van der Waals surface area contributed by atoms with E-state index >= 15 is 0 Å². The van der Waals surface area contributed by atoms with Gasteiger partial charge in [0.15, 0.2) is 0 Å². The zero-order valence-electron chi connectivity index (χ0n) is 12.5. The molecule has 21 heavy (non-hydrogen) atoms. The SMILES string of the molecule is CC(C)C(C)(O)COc1cc2ccccc2cc1C(=O)O. The van der Waals surface area contributed by atoms with Gasteiger partial charge in [0.25, 0.3) is 0 Å². The van der Waals surface area contributed by atoms with Crippen LogP contribution in [0, 0.1) is 5.92 Å². The lowest BCUT2D eigenvalue weighted by atomic mass is 9.94. The number of carbonyl (C=O) groups is 1. The third-order valence-corrected chi connectivity index (χ3v) is 3.84. The number of aliphatic hydroxyl groups is 1. The van der Waals surface area contributed by atoms with Crippen LogP contribution in [0.2, 0.25) is 0 Å². The molecule has 4 nitrogen and oxygen atoms in total. The van der Waals surface area contributed by atoms with Gasteiger partial charge in [0, 0.05) is 0 Å². The van der Waals surface area contributed by atoms with E-state index in [0.717, 1.165) is 10.8 Å². The average molecular weight is 288 g/mol. The van der Waals surface area contributed by atoms with Crippen LogP contribution in [0.15, 0.2) is 36.4 Å². The first-order valence-electron chi connectivity index (χ1n) is 6.92. The Morgan fingerprint density at radius 1 is 1.24 bits per heavy atom. The summed E-state index contributed by atoms with van der Waals surface area (Å²) in [6, 6.07) is 10.8. The van der Waals surface area contributed by atoms with Crippen molar-refractivity contribution in [2.24, 2.45) is 5.92 Å². The summed E-state index contributed by atoms with van der Waals surface area (Å²) in [7, 11) is 0. The van der Waals surface area contributed by atoms with Gasteiger partial charge in [-0.3, -0.25) is 0 Å². The summed E-state index contributed by atoms with van der Waals surface area (Å²) in [6.07, 6.45) is 0. The molecular formula is C17H20O4. The minimum Gasteiger partial charge on any atom is -0.490 e. The standard InChI is InChI=1S/C17H20O4/c1-11(2)17(3,20)10-21-15-9-13-7-5-4-6-12(13)8-14(15)16(18)19/h4-9,11,20H,10H2,1-3H3,(H,18,19). The van der Waals surface area contributed by atoms with Crippen molar-refractivity contribution in [3.05, 3.63) is 42.0 Å². The number of fused-ring (bicyclic) bond motifs is 1. The second-order valence-corrected chi connectivity index (χ2v) is 5.80. The van der Waals surface area contributed by atoms with Gasteiger partial charge in [-0.2, -0.15) is 0 Å². The molecule has 0 heterocycles. The third kappa shape index (κ3) is 3.34. The molecule has 4 heteroatoms. The van der Waals surface area contributed by atoms with Gasteiger partial charge in [0.05, 0.1) is 5.60 Å². The Kier molecular flexibility index (Phi) is 4.19. The molecule has 0 spiro atoms. The molecule has 2 aromatic rings. The number of benzene rings is 2. The van der Waals surface area contributed by atoms with E-state index in [4.69, 9.17) is 4.74 Å². The molecular weight excluding hydrogens is 268 g/mol. The van der Waals surface area contributed by atoms with Gasteiger partial charge >= 0.3 is 5.97 Å². The smallest absolute Gasteiger partial charge is 0.339 e. The Bertz CT molecular complexity index is 659. The van der Waals surface area contributed by atoms with Gasteiger partial charge in [0.2, 0.25) is 0 Å². The van der Waals surface area contributed by atoms with Gasteiger partial charge in [-0.05, 0) is 35.7 Å². The number of hydrogen-bond donors (Lipinski definition) is 2. The normalized spacial score (nSPS) is 14.1. The summed E-state index contributed by atoms with van der Waals surface area (Å²) in [4.78, 5) is 11.4. The summed E-state index contributed by atoms with van der Waals surface area (Å²) >= 11 is 0. The Hall–Kier alpha value is -2.07. The Balaban J connectivity index is 2.37. The minimum atomic E-state index is -1.04. The van der Waals surface area contributed by atoms with Gasteiger partial charge in [-0.15, -0.1) is 0 Å². The molecule has 0 aliphatic heterocycles. The molecule has 0 aliphatic carbocycles. The van der Waals surface area contributed by atoms with Crippen LogP contribution in [0.1, 0.15) is 31.1 Å². The van der Waals surface area contributed by atoms with E-state index in [1.165, 1.54) is 0 Å². The third-order valence-electron chi connectivity index (χ3n) is 3.84. The summed E-state index contributed by atoms with van der Waals surface area (Å²) in [6.45, 7) is 5.51. The van der Waals surface area contributed by atoms with Crippen LogP contribution >= 0.6 is 0 Å². The molecule has 1 unspecified atom stereocenters. The molecule has 2 aromatic carbocycles. The molecule has 0 bridgehead atoms. The first kappa shape index (κ1) is 15.3. The highest BCUT2D eigenvalue weighted by Crippen LogP contribution is 2.28.